The molecule has 2 aromatic heterocycles. The normalized spacial score (nSPS) is 12.9. The van der Waals surface area contributed by atoms with Crippen LogP contribution in [0.15, 0.2) is 35.5 Å². The molecule has 0 spiro atoms. The van der Waals surface area contributed by atoms with E-state index < -0.39 is 5.54 Å². The first-order valence-electron chi connectivity index (χ1n) is 9.91. The van der Waals surface area contributed by atoms with E-state index >= 15 is 0 Å². The number of anilines is 2. The number of thioether (sulfide) groups is 1. The van der Waals surface area contributed by atoms with Gasteiger partial charge in [0, 0.05) is 11.8 Å². The Bertz CT molecular complexity index is 929. The number of nitrogens with one attached hydrogen (secondary N) is 2. The standard InChI is InChI=1S/C21H29N5OS2/c1-5-9-14(2)22-20-24-17-16(29-20)18(26-21(3,4)13-27)25-19(23-17)28-12-15-10-7-6-8-11-15/h6-8,10-11,14,27H,5,9,12-13H2,1-4H3,(H2,22,23,24,25,26). The summed E-state index contributed by atoms with van der Waals surface area (Å²) in [7, 11) is 0. The molecular weight excluding hydrogens is 402 g/mol. The topological polar surface area (TPSA) is 83.0 Å². The fourth-order valence-corrected chi connectivity index (χ4v) is 4.57. The van der Waals surface area contributed by atoms with E-state index in [1.54, 1.807) is 23.1 Å². The second-order valence-corrected chi connectivity index (χ2v) is 9.74. The summed E-state index contributed by atoms with van der Waals surface area (Å²) in [6.07, 6.45) is 2.21. The van der Waals surface area contributed by atoms with Crippen LogP contribution in [0.4, 0.5) is 10.9 Å². The fourth-order valence-electron chi connectivity index (χ4n) is 2.81. The van der Waals surface area contributed by atoms with Crippen molar-refractivity contribution < 1.29 is 5.11 Å². The molecule has 6 nitrogen and oxygen atoms in total. The van der Waals surface area contributed by atoms with Crippen molar-refractivity contribution in [1.82, 2.24) is 15.0 Å². The van der Waals surface area contributed by atoms with Crippen LogP contribution in [0, 0.1) is 0 Å². The van der Waals surface area contributed by atoms with E-state index in [4.69, 9.17) is 9.97 Å². The predicted octanol–water partition coefficient (Wildman–Crippen LogP) is 5.16. The van der Waals surface area contributed by atoms with Crippen LogP contribution in [0.3, 0.4) is 0 Å². The molecule has 1 aromatic carbocycles. The van der Waals surface area contributed by atoms with Crippen molar-refractivity contribution in [2.24, 2.45) is 0 Å². The molecule has 156 valence electrons. The van der Waals surface area contributed by atoms with Gasteiger partial charge in [-0.1, -0.05) is 66.8 Å². The molecule has 0 fully saturated rings. The Morgan fingerprint density at radius 3 is 2.62 bits per heavy atom. The number of benzene rings is 1. The van der Waals surface area contributed by atoms with Gasteiger partial charge in [-0.2, -0.15) is 4.98 Å². The Morgan fingerprint density at radius 1 is 1.17 bits per heavy atom. The first-order valence-corrected chi connectivity index (χ1v) is 11.7. The largest absolute Gasteiger partial charge is 0.394 e. The van der Waals surface area contributed by atoms with Gasteiger partial charge >= 0.3 is 0 Å². The monoisotopic (exact) mass is 431 g/mol. The lowest BCUT2D eigenvalue weighted by atomic mass is 10.1. The Labute approximate surface area is 180 Å². The number of aromatic nitrogens is 3. The van der Waals surface area contributed by atoms with Gasteiger partial charge in [0.25, 0.3) is 0 Å². The molecule has 0 aliphatic carbocycles. The highest BCUT2D eigenvalue weighted by Gasteiger charge is 2.21. The molecule has 0 saturated carbocycles. The van der Waals surface area contributed by atoms with E-state index in [1.165, 1.54) is 5.56 Å². The van der Waals surface area contributed by atoms with E-state index in [2.05, 4.69) is 41.6 Å². The van der Waals surface area contributed by atoms with Gasteiger partial charge in [0.15, 0.2) is 21.8 Å². The molecule has 3 rings (SSSR count). The number of rotatable bonds is 10. The summed E-state index contributed by atoms with van der Waals surface area (Å²) in [5.74, 6) is 1.51. The van der Waals surface area contributed by atoms with Gasteiger partial charge in [-0.25, -0.2) is 9.97 Å². The number of hydrogen-bond donors (Lipinski definition) is 3. The highest BCUT2D eigenvalue weighted by Crippen LogP contribution is 2.34. The van der Waals surface area contributed by atoms with Crippen LogP contribution in [-0.4, -0.2) is 38.2 Å². The maximum absolute atomic E-state index is 9.70. The number of hydrogen-bond acceptors (Lipinski definition) is 8. The zero-order valence-corrected chi connectivity index (χ0v) is 19.0. The molecule has 0 amide bonds. The minimum absolute atomic E-state index is 0.00241. The lowest BCUT2D eigenvalue weighted by molar-refractivity contribution is 0.234. The van der Waals surface area contributed by atoms with Gasteiger partial charge in [0.05, 0.1) is 12.1 Å². The van der Waals surface area contributed by atoms with Gasteiger partial charge in [-0.3, -0.25) is 0 Å². The smallest absolute Gasteiger partial charge is 0.191 e. The van der Waals surface area contributed by atoms with Crippen molar-refractivity contribution in [3.8, 4) is 0 Å². The molecule has 1 unspecified atom stereocenters. The lowest BCUT2D eigenvalue weighted by Gasteiger charge is -2.24. The van der Waals surface area contributed by atoms with Gasteiger partial charge in [-0.15, -0.1) is 0 Å². The maximum atomic E-state index is 9.70. The Hall–Kier alpha value is -1.90. The highest BCUT2D eigenvalue weighted by atomic mass is 32.2. The van der Waals surface area contributed by atoms with Crippen LogP contribution in [0.25, 0.3) is 10.3 Å². The summed E-state index contributed by atoms with van der Waals surface area (Å²) in [4.78, 5) is 14.1. The molecule has 0 saturated heterocycles. The van der Waals surface area contributed by atoms with E-state index in [9.17, 15) is 5.11 Å². The predicted molar refractivity (Wildman–Crippen MR) is 124 cm³/mol. The van der Waals surface area contributed by atoms with Crippen LogP contribution in [-0.2, 0) is 5.75 Å². The second kappa shape index (κ2) is 9.73. The molecule has 8 heteroatoms. The van der Waals surface area contributed by atoms with Crippen molar-refractivity contribution in [3.63, 3.8) is 0 Å². The van der Waals surface area contributed by atoms with Crippen LogP contribution in [0.5, 0.6) is 0 Å². The molecule has 3 N–H and O–H groups in total. The molecule has 2 heterocycles. The third-order valence-electron chi connectivity index (χ3n) is 4.39. The zero-order chi connectivity index (χ0) is 20.9. The first-order chi connectivity index (χ1) is 13.9. The quantitative estimate of drug-likeness (QED) is 0.302. The minimum atomic E-state index is -0.490. The molecule has 0 radical (unpaired) electrons. The molecule has 1 atom stereocenters. The van der Waals surface area contributed by atoms with Crippen LogP contribution in [0.2, 0.25) is 0 Å². The summed E-state index contributed by atoms with van der Waals surface area (Å²) in [6, 6.07) is 10.6. The van der Waals surface area contributed by atoms with Gasteiger partial charge in [0.1, 0.15) is 4.70 Å². The maximum Gasteiger partial charge on any atom is 0.191 e. The number of aliphatic hydroxyl groups excluding tert-OH is 1. The molecule has 29 heavy (non-hydrogen) atoms. The van der Waals surface area contributed by atoms with Crippen molar-refractivity contribution >= 4 is 44.4 Å². The molecule has 3 aromatic rings. The average molecular weight is 432 g/mol. The number of aliphatic hydroxyl groups is 1. The fraction of sp³-hybridized carbons (Fsp3) is 0.476. The third kappa shape index (κ3) is 6.04. The molecule has 0 aliphatic heterocycles. The number of fused-ring (bicyclic) bond motifs is 1. The van der Waals surface area contributed by atoms with E-state index in [0.29, 0.717) is 16.8 Å². The number of thiazole rings is 1. The zero-order valence-electron chi connectivity index (χ0n) is 17.4. The summed E-state index contributed by atoms with van der Waals surface area (Å²) in [5, 5.41) is 18.1. The Kier molecular flexibility index (Phi) is 7.32. The van der Waals surface area contributed by atoms with E-state index in [-0.39, 0.29) is 6.61 Å². The third-order valence-corrected chi connectivity index (χ3v) is 6.29. The van der Waals surface area contributed by atoms with Crippen molar-refractivity contribution in [3.05, 3.63) is 35.9 Å². The summed E-state index contributed by atoms with van der Waals surface area (Å²) in [5.41, 5.74) is 1.42. The molecule has 0 bridgehead atoms. The number of nitrogens with zero attached hydrogens (tertiary/aromatic N) is 3. The second-order valence-electron chi connectivity index (χ2n) is 7.80. The average Bonchev–Trinajstić information content (AvgIpc) is 3.09. The van der Waals surface area contributed by atoms with Gasteiger partial charge in [-0.05, 0) is 32.8 Å². The van der Waals surface area contributed by atoms with Gasteiger partial charge in [0.2, 0.25) is 0 Å². The SMILES string of the molecule is CCCC(C)Nc1nc2nc(SCc3ccccc3)nc(NC(C)(C)CO)c2s1. The first kappa shape index (κ1) is 21.8. The van der Waals surface area contributed by atoms with E-state index in [1.807, 2.05) is 32.0 Å². The molecular formula is C21H29N5OS2. The summed E-state index contributed by atoms with van der Waals surface area (Å²) >= 11 is 3.14. The summed E-state index contributed by atoms with van der Waals surface area (Å²) in [6.45, 7) is 8.23. The van der Waals surface area contributed by atoms with Crippen LogP contribution >= 0.6 is 23.1 Å². The highest BCUT2D eigenvalue weighted by molar-refractivity contribution is 7.98. The Balaban J connectivity index is 1.90. The summed E-state index contributed by atoms with van der Waals surface area (Å²) < 4.78 is 0.904. The van der Waals surface area contributed by atoms with E-state index in [0.717, 1.165) is 34.2 Å². The molecule has 0 aliphatic rings. The minimum Gasteiger partial charge on any atom is -0.394 e. The van der Waals surface area contributed by atoms with Crippen molar-refractivity contribution in [2.75, 3.05) is 17.2 Å². The van der Waals surface area contributed by atoms with Crippen LogP contribution in [0.1, 0.15) is 46.1 Å². The lowest BCUT2D eigenvalue weighted by Crippen LogP contribution is -2.35. The Morgan fingerprint density at radius 2 is 1.93 bits per heavy atom. The van der Waals surface area contributed by atoms with Crippen molar-refractivity contribution in [2.45, 2.75) is 63.0 Å². The van der Waals surface area contributed by atoms with Crippen LogP contribution < -0.4 is 10.6 Å². The van der Waals surface area contributed by atoms with Gasteiger partial charge < -0.3 is 15.7 Å². The van der Waals surface area contributed by atoms with Crippen molar-refractivity contribution in [1.29, 1.82) is 0 Å².